The monoisotopic (exact) mass is 351 g/mol. The quantitative estimate of drug-likeness (QED) is 0.767. The van der Waals surface area contributed by atoms with Crippen LogP contribution < -0.4 is 5.32 Å². The van der Waals surface area contributed by atoms with Crippen molar-refractivity contribution in [1.82, 2.24) is 15.1 Å². The molecule has 0 bridgehead atoms. The summed E-state index contributed by atoms with van der Waals surface area (Å²) in [6, 6.07) is 0.810. The Bertz CT molecular complexity index is 415. The molecule has 1 saturated heterocycles. The molecule has 2 rings (SSSR count). The van der Waals surface area contributed by atoms with E-state index in [4.69, 9.17) is 0 Å². The lowest BCUT2D eigenvalue weighted by Gasteiger charge is -2.26. The summed E-state index contributed by atoms with van der Waals surface area (Å²) < 4.78 is 0. The van der Waals surface area contributed by atoms with E-state index in [1.807, 2.05) is 4.90 Å². The van der Waals surface area contributed by atoms with Gasteiger partial charge in [-0.25, -0.2) is 0 Å². The molecule has 2 amide bonds. The van der Waals surface area contributed by atoms with E-state index in [2.05, 4.69) is 24.1 Å². The number of nitrogens with zero attached hydrogens (tertiary/aromatic N) is 2. The molecule has 144 valence electrons. The van der Waals surface area contributed by atoms with Crippen LogP contribution in [0.25, 0.3) is 0 Å². The number of carbonyl (C=O) groups is 2. The highest BCUT2D eigenvalue weighted by Crippen LogP contribution is 2.18. The van der Waals surface area contributed by atoms with Gasteiger partial charge in [-0.1, -0.05) is 46.0 Å². The maximum absolute atomic E-state index is 12.4. The van der Waals surface area contributed by atoms with E-state index >= 15 is 0 Å². The van der Waals surface area contributed by atoms with Crippen LogP contribution in [-0.2, 0) is 9.59 Å². The van der Waals surface area contributed by atoms with Gasteiger partial charge in [0.25, 0.3) is 0 Å². The summed E-state index contributed by atoms with van der Waals surface area (Å²) in [5, 5.41) is 3.16. The van der Waals surface area contributed by atoms with Crippen LogP contribution in [-0.4, -0.2) is 59.9 Å². The molecule has 1 heterocycles. The van der Waals surface area contributed by atoms with Gasteiger partial charge in [-0.3, -0.25) is 14.5 Å². The zero-order valence-corrected chi connectivity index (χ0v) is 16.3. The first-order chi connectivity index (χ1) is 12.1. The molecule has 0 aromatic rings. The van der Waals surface area contributed by atoms with Crippen molar-refractivity contribution in [3.63, 3.8) is 0 Å². The van der Waals surface area contributed by atoms with E-state index in [-0.39, 0.29) is 11.8 Å². The van der Waals surface area contributed by atoms with E-state index in [0.717, 1.165) is 45.4 Å². The fourth-order valence-corrected chi connectivity index (χ4v) is 4.29. The molecule has 0 spiro atoms. The second kappa shape index (κ2) is 10.8. The first-order valence-electron chi connectivity index (χ1n) is 10.4. The van der Waals surface area contributed by atoms with E-state index in [0.29, 0.717) is 24.9 Å². The summed E-state index contributed by atoms with van der Waals surface area (Å²) in [5.41, 5.74) is 0. The van der Waals surface area contributed by atoms with Crippen molar-refractivity contribution in [2.75, 3.05) is 26.2 Å². The lowest BCUT2D eigenvalue weighted by atomic mass is 9.96. The number of likely N-dealkylation sites (N-methyl/N-ethyl adjacent to an activating group) is 1. The summed E-state index contributed by atoms with van der Waals surface area (Å²) in [7, 11) is 0. The molecule has 2 aliphatic rings. The topological polar surface area (TPSA) is 52.7 Å². The van der Waals surface area contributed by atoms with Crippen molar-refractivity contribution in [1.29, 1.82) is 0 Å². The van der Waals surface area contributed by atoms with Crippen LogP contribution >= 0.6 is 0 Å². The van der Waals surface area contributed by atoms with Gasteiger partial charge in [0.1, 0.15) is 0 Å². The number of hydrogen-bond acceptors (Lipinski definition) is 3. The first-order valence-corrected chi connectivity index (χ1v) is 10.4. The maximum Gasteiger partial charge on any atom is 0.223 e. The third kappa shape index (κ3) is 6.61. The Kier molecular flexibility index (Phi) is 8.73. The van der Waals surface area contributed by atoms with Crippen molar-refractivity contribution in [2.24, 2.45) is 0 Å². The highest BCUT2D eigenvalue weighted by atomic mass is 16.2. The predicted octanol–water partition coefficient (Wildman–Crippen LogP) is 2.94. The van der Waals surface area contributed by atoms with Crippen LogP contribution in [0.2, 0.25) is 0 Å². The molecule has 0 radical (unpaired) electrons. The van der Waals surface area contributed by atoms with Gasteiger partial charge in [0.15, 0.2) is 0 Å². The zero-order valence-electron chi connectivity index (χ0n) is 16.3. The average molecular weight is 352 g/mol. The van der Waals surface area contributed by atoms with E-state index < -0.39 is 0 Å². The number of rotatable bonds is 7. The molecule has 5 nitrogen and oxygen atoms in total. The smallest absolute Gasteiger partial charge is 0.223 e. The maximum atomic E-state index is 12.4. The Hall–Kier alpha value is -1.10. The Labute approximate surface area is 153 Å². The van der Waals surface area contributed by atoms with Crippen LogP contribution in [0.1, 0.15) is 78.1 Å². The summed E-state index contributed by atoms with van der Waals surface area (Å²) in [4.78, 5) is 29.0. The minimum Gasteiger partial charge on any atom is -0.353 e. The van der Waals surface area contributed by atoms with Gasteiger partial charge in [-0.15, -0.1) is 0 Å². The first kappa shape index (κ1) is 20.2. The van der Waals surface area contributed by atoms with Crippen molar-refractivity contribution in [2.45, 2.75) is 90.1 Å². The van der Waals surface area contributed by atoms with Gasteiger partial charge in [0.05, 0.1) is 0 Å². The summed E-state index contributed by atoms with van der Waals surface area (Å²) in [6.45, 7) is 8.08. The number of nitrogens with one attached hydrogen (secondary N) is 1. The summed E-state index contributed by atoms with van der Waals surface area (Å²) in [5.74, 6) is 0.195. The lowest BCUT2D eigenvalue weighted by Crippen LogP contribution is -2.39. The van der Waals surface area contributed by atoms with E-state index in [1.165, 1.54) is 32.1 Å². The number of likely N-dealkylation sites (tertiary alicyclic amines) is 1. The summed E-state index contributed by atoms with van der Waals surface area (Å²) >= 11 is 0. The molecule has 1 aliphatic carbocycles. The van der Waals surface area contributed by atoms with Crippen molar-refractivity contribution in [3.05, 3.63) is 0 Å². The van der Waals surface area contributed by atoms with Gasteiger partial charge in [-0.05, 0) is 32.4 Å². The average Bonchev–Trinajstić information content (AvgIpc) is 3.06. The lowest BCUT2D eigenvalue weighted by molar-refractivity contribution is -0.133. The third-order valence-corrected chi connectivity index (χ3v) is 5.88. The zero-order chi connectivity index (χ0) is 18.1. The fraction of sp³-hybridized carbons (Fsp3) is 0.900. The molecule has 0 aromatic heterocycles. The van der Waals surface area contributed by atoms with Gasteiger partial charge >= 0.3 is 0 Å². The normalized spacial score (nSPS) is 22.7. The Morgan fingerprint density at radius 3 is 2.24 bits per heavy atom. The van der Waals surface area contributed by atoms with Crippen molar-refractivity contribution in [3.8, 4) is 0 Å². The molecule has 0 aromatic carbocycles. The van der Waals surface area contributed by atoms with Crippen molar-refractivity contribution < 1.29 is 9.59 Å². The molecule has 1 saturated carbocycles. The molecule has 1 atom stereocenters. The Morgan fingerprint density at radius 1 is 0.960 bits per heavy atom. The van der Waals surface area contributed by atoms with Crippen LogP contribution in [0.4, 0.5) is 0 Å². The highest BCUT2D eigenvalue weighted by molar-refractivity contribution is 5.84. The number of carbonyl (C=O) groups excluding carboxylic acids is 2. The second-order valence-corrected chi connectivity index (χ2v) is 7.61. The van der Waals surface area contributed by atoms with Gasteiger partial charge < -0.3 is 10.2 Å². The molecule has 2 fully saturated rings. The molecular weight excluding hydrogens is 314 g/mol. The highest BCUT2D eigenvalue weighted by Gasteiger charge is 2.29. The molecule has 1 aliphatic heterocycles. The predicted molar refractivity (Wildman–Crippen MR) is 101 cm³/mol. The van der Waals surface area contributed by atoms with Gasteiger partial charge in [0.2, 0.25) is 11.8 Å². The van der Waals surface area contributed by atoms with E-state index in [1.54, 1.807) is 0 Å². The van der Waals surface area contributed by atoms with Crippen LogP contribution in [0.5, 0.6) is 0 Å². The molecule has 5 heteroatoms. The fourth-order valence-electron chi connectivity index (χ4n) is 4.29. The molecule has 1 N–H and O–H groups in total. The Morgan fingerprint density at radius 2 is 1.60 bits per heavy atom. The largest absolute Gasteiger partial charge is 0.353 e. The number of hydrogen-bond donors (Lipinski definition) is 1. The van der Waals surface area contributed by atoms with Crippen LogP contribution in [0.3, 0.4) is 0 Å². The SMILES string of the molecule is CCN(CC)[C@@H]1CCN(C(=O)CCC(=O)NC2CCCCCCC2)C1. The molecular formula is C20H37N3O2. The van der Waals surface area contributed by atoms with Gasteiger partial charge in [0, 0.05) is 38.0 Å². The van der Waals surface area contributed by atoms with Gasteiger partial charge in [-0.2, -0.15) is 0 Å². The third-order valence-electron chi connectivity index (χ3n) is 5.88. The minimum absolute atomic E-state index is 0.0541. The van der Waals surface area contributed by atoms with Crippen molar-refractivity contribution >= 4 is 11.8 Å². The number of amides is 2. The minimum atomic E-state index is 0.0541. The van der Waals surface area contributed by atoms with E-state index in [9.17, 15) is 9.59 Å². The standard InChI is InChI=1S/C20H37N3O2/c1-3-22(4-2)18-14-15-23(16-18)20(25)13-12-19(24)21-17-10-8-6-5-7-9-11-17/h17-18H,3-16H2,1-2H3,(H,21,24)/t18-/m1/s1. The van der Waals surface area contributed by atoms with Crippen LogP contribution in [0.15, 0.2) is 0 Å². The molecule has 0 unspecified atom stereocenters. The second-order valence-electron chi connectivity index (χ2n) is 7.61. The Balaban J connectivity index is 1.68. The molecule has 25 heavy (non-hydrogen) atoms. The summed E-state index contributed by atoms with van der Waals surface area (Å²) in [6.07, 6.45) is 10.3. The van der Waals surface area contributed by atoms with Crippen LogP contribution in [0, 0.1) is 0 Å².